The Kier molecular flexibility index (Phi) is 5.94. The second-order valence-corrected chi connectivity index (χ2v) is 9.44. The van der Waals surface area contributed by atoms with E-state index in [0.29, 0.717) is 47.7 Å². The van der Waals surface area contributed by atoms with Crippen molar-refractivity contribution < 1.29 is 8.42 Å². The van der Waals surface area contributed by atoms with Crippen molar-refractivity contribution in [3.05, 3.63) is 63.1 Å². The Morgan fingerprint density at radius 1 is 0.923 bits per heavy atom. The van der Waals surface area contributed by atoms with Gasteiger partial charge in [-0.15, -0.1) is 0 Å². The van der Waals surface area contributed by atoms with Gasteiger partial charge in [-0.05, 0) is 54.8 Å². The molecule has 0 atom stereocenters. The summed E-state index contributed by atoms with van der Waals surface area (Å²) in [5.74, 6) is 0. The van der Waals surface area contributed by atoms with Gasteiger partial charge in [0.2, 0.25) is 10.0 Å². The van der Waals surface area contributed by atoms with Gasteiger partial charge in [-0.2, -0.15) is 4.31 Å². The maximum atomic E-state index is 12.9. The molecule has 0 unspecified atom stereocenters. The number of hydrogen-bond acceptors (Lipinski definition) is 3. The molecule has 1 heterocycles. The average Bonchev–Trinajstić information content (AvgIpc) is 2.60. The second kappa shape index (κ2) is 7.87. The van der Waals surface area contributed by atoms with Crippen LogP contribution in [0.5, 0.6) is 0 Å². The highest BCUT2D eigenvalue weighted by Crippen LogP contribution is 2.24. The molecule has 1 fully saturated rings. The fourth-order valence-electron chi connectivity index (χ4n) is 3.04. The molecule has 2 aromatic carbocycles. The molecule has 1 aliphatic rings. The Labute approximate surface area is 165 Å². The standard InChI is InChI=1S/C19H22Cl2N2O2S/c1-14-3-6-18(11-15(14)2)26(24,25)23-9-7-22(8-10-23)13-16-4-5-17(20)12-19(16)21/h3-6,11-12H,7-10,13H2,1-2H3. The summed E-state index contributed by atoms with van der Waals surface area (Å²) < 4.78 is 27.3. The molecule has 0 bridgehead atoms. The van der Waals surface area contributed by atoms with E-state index in [0.717, 1.165) is 16.7 Å². The lowest BCUT2D eigenvalue weighted by molar-refractivity contribution is 0.181. The maximum Gasteiger partial charge on any atom is 0.243 e. The predicted octanol–water partition coefficient (Wildman–Crippen LogP) is 4.12. The SMILES string of the molecule is Cc1ccc(S(=O)(=O)N2CCN(Cc3ccc(Cl)cc3Cl)CC2)cc1C. The van der Waals surface area contributed by atoms with E-state index in [1.165, 1.54) is 0 Å². The molecule has 0 aromatic heterocycles. The van der Waals surface area contributed by atoms with Crippen molar-refractivity contribution in [2.45, 2.75) is 25.3 Å². The van der Waals surface area contributed by atoms with E-state index < -0.39 is 10.0 Å². The van der Waals surface area contributed by atoms with Crippen LogP contribution in [0, 0.1) is 13.8 Å². The first-order valence-corrected chi connectivity index (χ1v) is 10.7. The van der Waals surface area contributed by atoms with Gasteiger partial charge in [0.05, 0.1) is 4.90 Å². The van der Waals surface area contributed by atoms with Crippen molar-refractivity contribution in [2.24, 2.45) is 0 Å². The van der Waals surface area contributed by atoms with E-state index in [1.54, 1.807) is 22.5 Å². The Morgan fingerprint density at radius 2 is 1.62 bits per heavy atom. The van der Waals surface area contributed by atoms with Crippen LogP contribution in [0.15, 0.2) is 41.3 Å². The Bertz CT molecular complexity index is 908. The summed E-state index contributed by atoms with van der Waals surface area (Å²) in [6, 6.07) is 10.8. The molecule has 7 heteroatoms. The highest BCUT2D eigenvalue weighted by Gasteiger charge is 2.28. The molecule has 0 N–H and O–H groups in total. The molecule has 26 heavy (non-hydrogen) atoms. The number of halogens is 2. The van der Waals surface area contributed by atoms with Gasteiger partial charge in [-0.25, -0.2) is 8.42 Å². The molecule has 2 aromatic rings. The van der Waals surface area contributed by atoms with Crippen LogP contribution < -0.4 is 0 Å². The van der Waals surface area contributed by atoms with Crippen molar-refractivity contribution in [2.75, 3.05) is 26.2 Å². The monoisotopic (exact) mass is 412 g/mol. The number of piperazine rings is 1. The molecule has 4 nitrogen and oxygen atoms in total. The number of rotatable bonds is 4. The normalized spacial score (nSPS) is 16.8. The van der Waals surface area contributed by atoms with Crippen molar-refractivity contribution >= 4 is 33.2 Å². The summed E-state index contributed by atoms with van der Waals surface area (Å²) in [5.41, 5.74) is 3.08. The van der Waals surface area contributed by atoms with Crippen LogP contribution in [0.4, 0.5) is 0 Å². The van der Waals surface area contributed by atoms with E-state index in [1.807, 2.05) is 32.0 Å². The predicted molar refractivity (Wildman–Crippen MR) is 106 cm³/mol. The summed E-state index contributed by atoms with van der Waals surface area (Å²) in [6.07, 6.45) is 0. The van der Waals surface area contributed by atoms with Gasteiger partial charge in [-0.1, -0.05) is 35.3 Å². The summed E-state index contributed by atoms with van der Waals surface area (Å²) in [5, 5.41) is 1.26. The van der Waals surface area contributed by atoms with Crippen molar-refractivity contribution in [1.82, 2.24) is 9.21 Å². The fraction of sp³-hybridized carbons (Fsp3) is 0.368. The quantitative estimate of drug-likeness (QED) is 0.757. The van der Waals surface area contributed by atoms with E-state index in [2.05, 4.69) is 4.90 Å². The first-order chi connectivity index (χ1) is 12.3. The van der Waals surface area contributed by atoms with Gasteiger partial charge in [0.25, 0.3) is 0 Å². The molecule has 0 saturated carbocycles. The summed E-state index contributed by atoms with van der Waals surface area (Å²) in [7, 11) is -3.45. The molecule has 1 aliphatic heterocycles. The third kappa shape index (κ3) is 4.24. The van der Waals surface area contributed by atoms with Crippen LogP contribution in [0.2, 0.25) is 10.0 Å². The lowest BCUT2D eigenvalue weighted by Crippen LogP contribution is -2.48. The number of nitrogens with zero attached hydrogens (tertiary/aromatic N) is 2. The van der Waals surface area contributed by atoms with Gasteiger partial charge in [0.15, 0.2) is 0 Å². The zero-order chi connectivity index (χ0) is 18.9. The van der Waals surface area contributed by atoms with Gasteiger partial charge >= 0.3 is 0 Å². The summed E-state index contributed by atoms with van der Waals surface area (Å²) in [4.78, 5) is 2.58. The largest absolute Gasteiger partial charge is 0.296 e. The zero-order valence-electron chi connectivity index (χ0n) is 14.9. The van der Waals surface area contributed by atoms with Gasteiger partial charge < -0.3 is 0 Å². The minimum atomic E-state index is -3.45. The van der Waals surface area contributed by atoms with Crippen LogP contribution in [-0.4, -0.2) is 43.8 Å². The van der Waals surface area contributed by atoms with Crippen LogP contribution in [-0.2, 0) is 16.6 Å². The van der Waals surface area contributed by atoms with E-state index in [-0.39, 0.29) is 0 Å². The molecular weight excluding hydrogens is 391 g/mol. The van der Waals surface area contributed by atoms with Crippen molar-refractivity contribution in [1.29, 1.82) is 0 Å². The molecule has 0 radical (unpaired) electrons. The molecule has 3 rings (SSSR count). The molecule has 0 spiro atoms. The fourth-order valence-corrected chi connectivity index (χ4v) is 5.02. The third-order valence-electron chi connectivity index (χ3n) is 4.86. The number of benzene rings is 2. The smallest absolute Gasteiger partial charge is 0.243 e. The van der Waals surface area contributed by atoms with Crippen molar-refractivity contribution in [3.8, 4) is 0 Å². The Morgan fingerprint density at radius 3 is 2.23 bits per heavy atom. The summed E-state index contributed by atoms with van der Waals surface area (Å²) >= 11 is 12.2. The van der Waals surface area contributed by atoms with E-state index in [4.69, 9.17) is 23.2 Å². The number of hydrogen-bond donors (Lipinski definition) is 0. The minimum absolute atomic E-state index is 0.370. The summed E-state index contributed by atoms with van der Waals surface area (Å²) in [6.45, 7) is 6.88. The Balaban J connectivity index is 1.66. The molecule has 0 amide bonds. The van der Waals surface area contributed by atoms with Gasteiger partial charge in [0.1, 0.15) is 0 Å². The van der Waals surface area contributed by atoms with Gasteiger partial charge in [0, 0.05) is 42.8 Å². The van der Waals surface area contributed by atoms with Crippen LogP contribution in [0.25, 0.3) is 0 Å². The first-order valence-electron chi connectivity index (χ1n) is 8.51. The highest BCUT2D eigenvalue weighted by atomic mass is 35.5. The Hall–Kier alpha value is -1.11. The van der Waals surface area contributed by atoms with E-state index in [9.17, 15) is 8.42 Å². The molecule has 1 saturated heterocycles. The molecule has 0 aliphatic carbocycles. The van der Waals surface area contributed by atoms with Gasteiger partial charge in [-0.3, -0.25) is 4.90 Å². The lowest BCUT2D eigenvalue weighted by atomic mass is 10.1. The highest BCUT2D eigenvalue weighted by molar-refractivity contribution is 7.89. The average molecular weight is 413 g/mol. The second-order valence-electron chi connectivity index (χ2n) is 6.66. The zero-order valence-corrected chi connectivity index (χ0v) is 17.2. The first kappa shape index (κ1) is 19.6. The third-order valence-corrected chi connectivity index (χ3v) is 7.34. The number of aryl methyl sites for hydroxylation is 2. The molecule has 140 valence electrons. The molecular formula is C19H22Cl2N2O2S. The minimum Gasteiger partial charge on any atom is -0.296 e. The van der Waals surface area contributed by atoms with E-state index >= 15 is 0 Å². The lowest BCUT2D eigenvalue weighted by Gasteiger charge is -2.34. The topological polar surface area (TPSA) is 40.6 Å². The maximum absolute atomic E-state index is 12.9. The van der Waals surface area contributed by atoms with Crippen LogP contribution in [0.3, 0.4) is 0 Å². The van der Waals surface area contributed by atoms with Crippen molar-refractivity contribution in [3.63, 3.8) is 0 Å². The van der Waals surface area contributed by atoms with Crippen LogP contribution >= 0.6 is 23.2 Å². The number of sulfonamides is 1. The van der Waals surface area contributed by atoms with Crippen LogP contribution in [0.1, 0.15) is 16.7 Å².